The second-order valence-corrected chi connectivity index (χ2v) is 5.20. The molecule has 1 aromatic carbocycles. The minimum Gasteiger partial charge on any atom is -0.306 e. The summed E-state index contributed by atoms with van der Waals surface area (Å²) in [6.07, 6.45) is 11.0. The first-order chi connectivity index (χ1) is 9.02. The van der Waals surface area contributed by atoms with Crippen LogP contribution in [0.5, 0.6) is 0 Å². The summed E-state index contributed by atoms with van der Waals surface area (Å²) in [5.74, 6) is 2.75. The second kappa shape index (κ2) is 5.29. The lowest BCUT2D eigenvalue weighted by Crippen LogP contribution is -2.39. The van der Waals surface area contributed by atoms with Crippen LogP contribution in [0.2, 0.25) is 0 Å². The van der Waals surface area contributed by atoms with Gasteiger partial charge in [-0.1, -0.05) is 18.1 Å². The van der Waals surface area contributed by atoms with Crippen molar-refractivity contribution in [3.8, 4) is 18.0 Å². The zero-order valence-electron chi connectivity index (χ0n) is 11.6. The molecule has 0 aliphatic rings. The number of imidazole rings is 1. The first-order valence-corrected chi connectivity index (χ1v) is 6.35. The van der Waals surface area contributed by atoms with E-state index in [-0.39, 0.29) is 11.6 Å². The average Bonchev–Trinajstić information content (AvgIpc) is 2.92. The molecule has 1 unspecified atom stereocenters. The normalized spacial score (nSPS) is 12.9. The van der Waals surface area contributed by atoms with Gasteiger partial charge in [-0.05, 0) is 38.5 Å². The minimum absolute atomic E-state index is 0.211. The number of nitrogens with one attached hydrogen (secondary N) is 1. The van der Waals surface area contributed by atoms with Crippen LogP contribution < -0.4 is 5.32 Å². The SMILES string of the molecule is C#CC(C)(C)NC(C)c1ccc(-n2ccnc2)cc1. The van der Waals surface area contributed by atoms with Crippen molar-refractivity contribution >= 4 is 0 Å². The summed E-state index contributed by atoms with van der Waals surface area (Å²) in [4.78, 5) is 4.04. The monoisotopic (exact) mass is 253 g/mol. The summed E-state index contributed by atoms with van der Waals surface area (Å²) in [5, 5.41) is 3.42. The van der Waals surface area contributed by atoms with Crippen molar-refractivity contribution in [2.75, 3.05) is 0 Å². The molecular formula is C16H19N3. The first kappa shape index (κ1) is 13.4. The van der Waals surface area contributed by atoms with Gasteiger partial charge in [0.25, 0.3) is 0 Å². The van der Waals surface area contributed by atoms with Crippen LogP contribution in [0.3, 0.4) is 0 Å². The Morgan fingerprint density at radius 3 is 2.53 bits per heavy atom. The van der Waals surface area contributed by atoms with Crippen LogP contribution in [0.4, 0.5) is 0 Å². The second-order valence-electron chi connectivity index (χ2n) is 5.20. The Morgan fingerprint density at radius 2 is 2.00 bits per heavy atom. The van der Waals surface area contributed by atoms with Crippen LogP contribution in [0.25, 0.3) is 5.69 Å². The molecule has 1 atom stereocenters. The van der Waals surface area contributed by atoms with Crippen molar-refractivity contribution in [3.63, 3.8) is 0 Å². The van der Waals surface area contributed by atoms with Gasteiger partial charge in [0.05, 0.1) is 11.9 Å². The van der Waals surface area contributed by atoms with E-state index in [1.807, 2.05) is 24.6 Å². The molecule has 0 aliphatic heterocycles. The van der Waals surface area contributed by atoms with E-state index in [0.717, 1.165) is 5.69 Å². The molecule has 1 N–H and O–H groups in total. The molecule has 0 bridgehead atoms. The number of rotatable bonds is 4. The van der Waals surface area contributed by atoms with E-state index >= 15 is 0 Å². The molecule has 1 heterocycles. The molecule has 0 aliphatic carbocycles. The van der Waals surface area contributed by atoms with Gasteiger partial charge in [0.15, 0.2) is 0 Å². The molecule has 0 amide bonds. The quantitative estimate of drug-likeness (QED) is 0.849. The maximum Gasteiger partial charge on any atom is 0.0991 e. The standard InChI is InChI=1S/C16H19N3/c1-5-16(3,4)18-13(2)14-6-8-15(9-7-14)19-11-10-17-12-19/h1,6-13,18H,2-4H3. The molecule has 0 saturated heterocycles. The van der Waals surface area contributed by atoms with Crippen LogP contribution in [-0.2, 0) is 0 Å². The fraction of sp³-hybridized carbons (Fsp3) is 0.312. The zero-order chi connectivity index (χ0) is 13.9. The van der Waals surface area contributed by atoms with Crippen molar-refractivity contribution in [1.29, 1.82) is 0 Å². The highest BCUT2D eigenvalue weighted by molar-refractivity contribution is 5.35. The third kappa shape index (κ3) is 3.24. The maximum atomic E-state index is 5.50. The molecule has 1 aromatic heterocycles. The van der Waals surface area contributed by atoms with Crippen LogP contribution >= 0.6 is 0 Å². The van der Waals surface area contributed by atoms with Gasteiger partial charge in [-0.2, -0.15) is 0 Å². The Labute approximate surface area is 114 Å². The highest BCUT2D eigenvalue weighted by Crippen LogP contribution is 2.18. The molecular weight excluding hydrogens is 234 g/mol. The number of nitrogens with zero attached hydrogens (tertiary/aromatic N) is 2. The van der Waals surface area contributed by atoms with Gasteiger partial charge >= 0.3 is 0 Å². The third-order valence-electron chi connectivity index (χ3n) is 3.13. The summed E-state index contributed by atoms with van der Waals surface area (Å²) < 4.78 is 1.98. The van der Waals surface area contributed by atoms with Crippen molar-refractivity contribution in [3.05, 3.63) is 48.5 Å². The molecule has 0 radical (unpaired) electrons. The molecule has 2 aromatic rings. The van der Waals surface area contributed by atoms with E-state index in [0.29, 0.717) is 0 Å². The van der Waals surface area contributed by atoms with E-state index in [9.17, 15) is 0 Å². The third-order valence-corrected chi connectivity index (χ3v) is 3.13. The molecule has 3 heteroatoms. The molecule has 3 nitrogen and oxygen atoms in total. The topological polar surface area (TPSA) is 29.9 Å². The van der Waals surface area contributed by atoms with Crippen molar-refractivity contribution in [1.82, 2.24) is 14.9 Å². The lowest BCUT2D eigenvalue weighted by Gasteiger charge is -2.25. The van der Waals surface area contributed by atoms with Crippen LogP contribution in [-0.4, -0.2) is 15.1 Å². The summed E-state index contributed by atoms with van der Waals surface area (Å²) in [7, 11) is 0. The number of benzene rings is 1. The van der Waals surface area contributed by atoms with Crippen LogP contribution in [0.15, 0.2) is 43.0 Å². The smallest absolute Gasteiger partial charge is 0.0991 e. The number of terminal acetylenes is 1. The Bertz CT molecular complexity index is 559. The first-order valence-electron chi connectivity index (χ1n) is 6.35. The van der Waals surface area contributed by atoms with Gasteiger partial charge in [0.1, 0.15) is 0 Å². The van der Waals surface area contributed by atoms with Gasteiger partial charge in [-0.15, -0.1) is 6.42 Å². The van der Waals surface area contributed by atoms with Crippen molar-refractivity contribution in [2.45, 2.75) is 32.4 Å². The van der Waals surface area contributed by atoms with E-state index in [4.69, 9.17) is 6.42 Å². The Hall–Kier alpha value is -2.05. The molecule has 0 saturated carbocycles. The zero-order valence-corrected chi connectivity index (χ0v) is 11.6. The molecule has 98 valence electrons. The lowest BCUT2D eigenvalue weighted by atomic mass is 10.0. The van der Waals surface area contributed by atoms with Gasteiger partial charge in [-0.3, -0.25) is 5.32 Å². The lowest BCUT2D eigenvalue weighted by molar-refractivity contribution is 0.431. The van der Waals surface area contributed by atoms with E-state index in [1.54, 1.807) is 12.5 Å². The Balaban J connectivity index is 2.13. The van der Waals surface area contributed by atoms with Gasteiger partial charge < -0.3 is 4.57 Å². The predicted octanol–water partition coefficient (Wildman–Crippen LogP) is 2.93. The van der Waals surface area contributed by atoms with Gasteiger partial charge in [-0.25, -0.2) is 4.98 Å². The Morgan fingerprint density at radius 1 is 1.32 bits per heavy atom. The van der Waals surface area contributed by atoms with Crippen LogP contribution in [0.1, 0.15) is 32.4 Å². The highest BCUT2D eigenvalue weighted by atomic mass is 15.0. The summed E-state index contributed by atoms with van der Waals surface area (Å²) in [5.41, 5.74) is 2.01. The fourth-order valence-corrected chi connectivity index (χ4v) is 2.01. The highest BCUT2D eigenvalue weighted by Gasteiger charge is 2.17. The largest absolute Gasteiger partial charge is 0.306 e. The summed E-state index contributed by atoms with van der Waals surface area (Å²) >= 11 is 0. The molecule has 0 fully saturated rings. The minimum atomic E-state index is -0.303. The molecule has 2 rings (SSSR count). The van der Waals surface area contributed by atoms with E-state index < -0.39 is 0 Å². The van der Waals surface area contributed by atoms with Gasteiger partial charge in [0.2, 0.25) is 0 Å². The van der Waals surface area contributed by atoms with Crippen molar-refractivity contribution < 1.29 is 0 Å². The molecule has 0 spiro atoms. The molecule has 19 heavy (non-hydrogen) atoms. The average molecular weight is 253 g/mol. The number of hydrogen-bond donors (Lipinski definition) is 1. The van der Waals surface area contributed by atoms with Crippen LogP contribution in [0, 0.1) is 12.3 Å². The Kier molecular flexibility index (Phi) is 3.73. The van der Waals surface area contributed by atoms with Gasteiger partial charge in [0, 0.05) is 24.1 Å². The number of aromatic nitrogens is 2. The summed E-state index contributed by atoms with van der Waals surface area (Å²) in [6, 6.07) is 8.60. The number of hydrogen-bond acceptors (Lipinski definition) is 2. The predicted molar refractivity (Wildman–Crippen MR) is 78.0 cm³/mol. The van der Waals surface area contributed by atoms with Crippen molar-refractivity contribution in [2.24, 2.45) is 0 Å². The van der Waals surface area contributed by atoms with E-state index in [2.05, 4.69) is 47.4 Å². The fourth-order valence-electron chi connectivity index (χ4n) is 2.01. The summed E-state index contributed by atoms with van der Waals surface area (Å²) in [6.45, 7) is 6.12. The maximum absolute atomic E-state index is 5.50. The van der Waals surface area contributed by atoms with E-state index in [1.165, 1.54) is 5.56 Å².